The van der Waals surface area contributed by atoms with E-state index in [-0.39, 0.29) is 12.5 Å². The molecule has 0 saturated carbocycles. The molecule has 9 heteroatoms. The highest BCUT2D eigenvalue weighted by molar-refractivity contribution is 7.92. The molecule has 0 saturated heterocycles. The lowest BCUT2D eigenvalue weighted by Crippen LogP contribution is -2.51. The molecule has 1 atom stereocenters. The first-order chi connectivity index (χ1) is 14.5. The van der Waals surface area contributed by atoms with Crippen LogP contribution in [0.25, 0.3) is 0 Å². The molecule has 0 aromatic heterocycles. The minimum absolute atomic E-state index is 0.267. The van der Waals surface area contributed by atoms with E-state index in [2.05, 4.69) is 5.32 Å². The second-order valence-electron chi connectivity index (χ2n) is 7.31. The monoisotopic (exact) mass is 465 g/mol. The van der Waals surface area contributed by atoms with Gasteiger partial charge in [0.1, 0.15) is 12.6 Å². The van der Waals surface area contributed by atoms with Crippen molar-refractivity contribution in [3.63, 3.8) is 0 Å². The van der Waals surface area contributed by atoms with E-state index in [1.165, 1.54) is 18.0 Å². The quantitative estimate of drug-likeness (QED) is 0.616. The predicted octanol–water partition coefficient (Wildman–Crippen LogP) is 2.62. The van der Waals surface area contributed by atoms with Crippen molar-refractivity contribution in [1.82, 2.24) is 10.2 Å². The predicted molar refractivity (Wildman–Crippen MR) is 124 cm³/mol. The molecule has 0 aliphatic heterocycles. The number of hydrogen-bond acceptors (Lipinski definition) is 4. The summed E-state index contributed by atoms with van der Waals surface area (Å²) in [5, 5.41) is 2.91. The number of benzene rings is 2. The normalized spacial score (nSPS) is 12.2. The fourth-order valence-corrected chi connectivity index (χ4v) is 4.29. The van der Waals surface area contributed by atoms with E-state index >= 15 is 0 Å². The van der Waals surface area contributed by atoms with E-state index in [0.29, 0.717) is 22.7 Å². The molecule has 2 aromatic carbocycles. The van der Waals surface area contributed by atoms with Gasteiger partial charge in [0, 0.05) is 18.6 Å². The molecule has 0 radical (unpaired) electrons. The molecule has 0 fully saturated rings. The van der Waals surface area contributed by atoms with Gasteiger partial charge in [0.2, 0.25) is 21.8 Å². The number of halogens is 1. The lowest BCUT2D eigenvalue weighted by Gasteiger charge is -2.31. The number of rotatable bonds is 9. The summed E-state index contributed by atoms with van der Waals surface area (Å²) in [5.74, 6) is -0.803. The van der Waals surface area contributed by atoms with Gasteiger partial charge in [-0.15, -0.1) is 0 Å². The van der Waals surface area contributed by atoms with E-state index in [1.807, 2.05) is 30.3 Å². The van der Waals surface area contributed by atoms with Crippen LogP contribution in [0.1, 0.15) is 18.1 Å². The highest BCUT2D eigenvalue weighted by atomic mass is 35.5. The largest absolute Gasteiger partial charge is 0.357 e. The average molecular weight is 466 g/mol. The topological polar surface area (TPSA) is 86.8 Å². The summed E-state index contributed by atoms with van der Waals surface area (Å²) in [7, 11) is -2.28. The number of carbonyl (C=O) groups is 2. The first kappa shape index (κ1) is 24.7. The van der Waals surface area contributed by atoms with E-state index in [9.17, 15) is 18.0 Å². The third kappa shape index (κ3) is 6.70. The molecule has 0 aliphatic carbocycles. The highest BCUT2D eigenvalue weighted by Crippen LogP contribution is 2.26. The van der Waals surface area contributed by atoms with Crippen LogP contribution in [0, 0.1) is 6.92 Å². The van der Waals surface area contributed by atoms with Crippen LogP contribution in [-0.2, 0) is 26.0 Å². The van der Waals surface area contributed by atoms with Crippen molar-refractivity contribution < 1.29 is 18.0 Å². The first-order valence-electron chi connectivity index (χ1n) is 9.83. The molecule has 2 amide bonds. The lowest BCUT2D eigenvalue weighted by molar-refractivity contribution is -0.138. The van der Waals surface area contributed by atoms with E-state index in [1.54, 1.807) is 26.0 Å². The number of hydrogen-bond donors (Lipinski definition) is 1. The maximum atomic E-state index is 13.3. The third-order valence-electron chi connectivity index (χ3n) is 5.02. The van der Waals surface area contributed by atoms with Gasteiger partial charge in [-0.3, -0.25) is 13.9 Å². The molecule has 2 rings (SSSR count). The SMILES string of the molecule is CNC(=O)C(C)N(CCc1ccccc1)C(=O)CN(c1cc(Cl)ccc1C)S(C)(=O)=O. The number of anilines is 1. The maximum Gasteiger partial charge on any atom is 0.244 e. The van der Waals surface area contributed by atoms with Crippen molar-refractivity contribution in [1.29, 1.82) is 0 Å². The van der Waals surface area contributed by atoms with Crippen LogP contribution < -0.4 is 9.62 Å². The summed E-state index contributed by atoms with van der Waals surface area (Å²) in [6.45, 7) is 3.20. The highest BCUT2D eigenvalue weighted by Gasteiger charge is 2.30. The summed E-state index contributed by atoms with van der Waals surface area (Å²) < 4.78 is 26.1. The Hall–Kier alpha value is -2.58. The Balaban J connectivity index is 2.34. The number of carbonyl (C=O) groups excluding carboxylic acids is 2. The van der Waals surface area contributed by atoms with Crippen LogP contribution >= 0.6 is 11.6 Å². The van der Waals surface area contributed by atoms with Gasteiger partial charge in [-0.1, -0.05) is 48.0 Å². The number of amides is 2. The van der Waals surface area contributed by atoms with E-state index in [0.717, 1.165) is 16.1 Å². The van der Waals surface area contributed by atoms with Crippen molar-refractivity contribution >= 4 is 39.1 Å². The second kappa shape index (κ2) is 10.6. The molecule has 2 aromatic rings. The summed E-state index contributed by atoms with van der Waals surface area (Å²) in [5.41, 5.74) is 2.01. The smallest absolute Gasteiger partial charge is 0.244 e. The van der Waals surface area contributed by atoms with Crippen molar-refractivity contribution in [2.45, 2.75) is 26.3 Å². The van der Waals surface area contributed by atoms with E-state index < -0.39 is 28.5 Å². The average Bonchev–Trinajstić information content (AvgIpc) is 2.73. The molecular weight excluding hydrogens is 438 g/mol. The fourth-order valence-electron chi connectivity index (χ4n) is 3.22. The van der Waals surface area contributed by atoms with Gasteiger partial charge < -0.3 is 10.2 Å². The Morgan fingerprint density at radius 1 is 1.13 bits per heavy atom. The molecule has 168 valence electrons. The van der Waals surface area contributed by atoms with Crippen LogP contribution in [0.4, 0.5) is 5.69 Å². The van der Waals surface area contributed by atoms with Crippen LogP contribution in [0.3, 0.4) is 0 Å². The fraction of sp³-hybridized carbons (Fsp3) is 0.364. The van der Waals surface area contributed by atoms with Crippen molar-refractivity contribution in [2.24, 2.45) is 0 Å². The van der Waals surface area contributed by atoms with E-state index in [4.69, 9.17) is 11.6 Å². The summed E-state index contributed by atoms with van der Waals surface area (Å²) >= 11 is 6.07. The van der Waals surface area contributed by atoms with Crippen LogP contribution in [0.5, 0.6) is 0 Å². The van der Waals surface area contributed by atoms with Gasteiger partial charge in [0.05, 0.1) is 11.9 Å². The van der Waals surface area contributed by atoms with Crippen molar-refractivity contribution in [2.75, 3.05) is 30.7 Å². The first-order valence-corrected chi connectivity index (χ1v) is 12.1. The molecule has 31 heavy (non-hydrogen) atoms. The molecule has 1 unspecified atom stereocenters. The molecule has 0 bridgehead atoms. The summed E-state index contributed by atoms with van der Waals surface area (Å²) in [4.78, 5) is 26.9. The molecular formula is C22H28ClN3O4S. The van der Waals surface area contributed by atoms with Gasteiger partial charge in [0.25, 0.3) is 0 Å². The number of nitrogens with zero attached hydrogens (tertiary/aromatic N) is 2. The minimum atomic E-state index is -3.78. The van der Waals surface area contributed by atoms with Crippen LogP contribution in [0.2, 0.25) is 5.02 Å². The maximum absolute atomic E-state index is 13.3. The Bertz CT molecular complexity index is 1030. The van der Waals surface area contributed by atoms with Crippen molar-refractivity contribution in [3.05, 3.63) is 64.7 Å². The standard InChI is InChI=1S/C22H28ClN3O4S/c1-16-10-11-19(23)14-20(16)26(31(4,29)30)15-21(27)25(17(2)22(28)24-3)13-12-18-8-6-5-7-9-18/h5-11,14,17H,12-13,15H2,1-4H3,(H,24,28). The zero-order chi connectivity index (χ0) is 23.2. The van der Waals surface area contributed by atoms with Gasteiger partial charge in [-0.25, -0.2) is 8.42 Å². The minimum Gasteiger partial charge on any atom is -0.357 e. The summed E-state index contributed by atoms with van der Waals surface area (Å²) in [6.07, 6.45) is 1.57. The Labute approximate surface area is 189 Å². The van der Waals surface area contributed by atoms with Crippen LogP contribution in [-0.4, -0.2) is 57.6 Å². The van der Waals surface area contributed by atoms with Gasteiger partial charge in [-0.2, -0.15) is 0 Å². The zero-order valence-electron chi connectivity index (χ0n) is 18.1. The van der Waals surface area contributed by atoms with Gasteiger partial charge in [0.15, 0.2) is 0 Å². The number of likely N-dealkylation sites (N-methyl/N-ethyl adjacent to an activating group) is 1. The summed E-state index contributed by atoms with van der Waals surface area (Å²) in [6, 6.07) is 13.7. The number of sulfonamides is 1. The third-order valence-corrected chi connectivity index (χ3v) is 6.38. The Kier molecular flexibility index (Phi) is 8.47. The molecule has 1 N–H and O–H groups in total. The lowest BCUT2D eigenvalue weighted by atomic mass is 10.1. The Morgan fingerprint density at radius 3 is 2.35 bits per heavy atom. The Morgan fingerprint density at radius 2 is 1.77 bits per heavy atom. The van der Waals surface area contributed by atoms with Crippen molar-refractivity contribution in [3.8, 4) is 0 Å². The number of nitrogens with one attached hydrogen (secondary N) is 1. The molecule has 0 aliphatic rings. The molecule has 0 spiro atoms. The molecule has 0 heterocycles. The molecule has 7 nitrogen and oxygen atoms in total. The number of aryl methyl sites for hydroxylation is 1. The van der Waals surface area contributed by atoms with Gasteiger partial charge >= 0.3 is 0 Å². The van der Waals surface area contributed by atoms with Crippen LogP contribution in [0.15, 0.2) is 48.5 Å². The van der Waals surface area contributed by atoms with Gasteiger partial charge in [-0.05, 0) is 43.5 Å². The second-order valence-corrected chi connectivity index (χ2v) is 9.66. The zero-order valence-corrected chi connectivity index (χ0v) is 19.7.